The molecule has 3 aromatic rings. The molecule has 1 amide bonds. The number of rotatable bonds is 7. The van der Waals surface area contributed by atoms with E-state index in [1.165, 1.54) is 0 Å². The van der Waals surface area contributed by atoms with Gasteiger partial charge in [0.2, 0.25) is 5.91 Å². The smallest absolute Gasteiger partial charge is 0.227 e. The maximum Gasteiger partial charge on any atom is 0.227 e. The van der Waals surface area contributed by atoms with Gasteiger partial charge < -0.3 is 15.0 Å². The van der Waals surface area contributed by atoms with Crippen molar-refractivity contribution >= 4 is 22.4 Å². The van der Waals surface area contributed by atoms with Gasteiger partial charge in [-0.3, -0.25) is 23.5 Å². The van der Waals surface area contributed by atoms with Crippen molar-refractivity contribution in [3.8, 4) is 11.4 Å². The lowest BCUT2D eigenvalue weighted by Crippen LogP contribution is -2.39. The van der Waals surface area contributed by atoms with Gasteiger partial charge in [-0.15, -0.1) is 10.8 Å². The van der Waals surface area contributed by atoms with E-state index in [1.54, 1.807) is 17.3 Å². The Kier molecular flexibility index (Phi) is 6.56. The summed E-state index contributed by atoms with van der Waals surface area (Å²) in [7, 11) is -1.02. The number of benzene rings is 2. The number of hydrogen-bond acceptors (Lipinski definition) is 7. The minimum absolute atomic E-state index is 0.0392. The second-order valence-electron chi connectivity index (χ2n) is 9.37. The quantitative estimate of drug-likeness (QED) is 0.338. The molecule has 1 saturated heterocycles. The van der Waals surface area contributed by atoms with Crippen molar-refractivity contribution < 1.29 is 19.0 Å². The first-order valence-corrected chi connectivity index (χ1v) is 13.4. The number of aliphatic hydroxyl groups is 1. The molecule has 2 atom stereocenters. The van der Waals surface area contributed by atoms with Crippen LogP contribution in [0.15, 0.2) is 54.9 Å². The van der Waals surface area contributed by atoms with Crippen molar-refractivity contribution in [2.45, 2.75) is 30.7 Å². The standard InChI is InChI=1S/C25H31N5O4S/c1-29(24(32)12-17-5-6-20-16-35(33,34)28-22(20)11-17)23(15-30-10-7-21(31)14-30)18-3-2-4-19(13-18)25-26-8-9-27-25/h2-6,8-9,11,13,21,23,28,31,33-34H,7,10,12,14-16H2,1H3,(H,26,27)/t21?,23-/m1/s1. The third-order valence-electron chi connectivity index (χ3n) is 6.74. The number of nitrogens with zero attached hydrogens (tertiary/aromatic N) is 3. The van der Waals surface area contributed by atoms with Gasteiger partial charge in [-0.1, -0.05) is 30.3 Å². The van der Waals surface area contributed by atoms with Crippen LogP contribution in [-0.2, 0) is 17.0 Å². The molecule has 0 saturated carbocycles. The third-order valence-corrected chi connectivity index (χ3v) is 8.00. The Bertz CT molecular complexity index is 1200. The fraction of sp³-hybridized carbons (Fsp3) is 0.360. The molecule has 2 aromatic carbocycles. The summed E-state index contributed by atoms with van der Waals surface area (Å²) in [6.45, 7) is 2.01. The lowest BCUT2D eigenvalue weighted by atomic mass is 10.0. The minimum Gasteiger partial charge on any atom is -0.392 e. The maximum atomic E-state index is 13.4. The molecule has 186 valence electrons. The number of likely N-dealkylation sites (N-methyl/N-ethyl adjacent to an activating group) is 1. The molecule has 0 radical (unpaired) electrons. The average Bonchev–Trinajstić information content (AvgIpc) is 3.56. The van der Waals surface area contributed by atoms with Crippen molar-refractivity contribution in [3.05, 3.63) is 71.5 Å². The van der Waals surface area contributed by atoms with Gasteiger partial charge in [0.15, 0.2) is 0 Å². The predicted molar refractivity (Wildman–Crippen MR) is 137 cm³/mol. The normalized spacial score (nSPS) is 20.7. The highest BCUT2D eigenvalue weighted by molar-refractivity contribution is 8.25. The van der Waals surface area contributed by atoms with E-state index < -0.39 is 10.8 Å². The second-order valence-corrected chi connectivity index (χ2v) is 11.2. The monoisotopic (exact) mass is 497 g/mol. The molecule has 2 aliphatic rings. The van der Waals surface area contributed by atoms with E-state index in [2.05, 4.69) is 25.7 Å². The molecule has 0 aliphatic carbocycles. The van der Waals surface area contributed by atoms with E-state index in [0.29, 0.717) is 18.8 Å². The van der Waals surface area contributed by atoms with Crippen molar-refractivity contribution in [1.29, 1.82) is 0 Å². The molecule has 35 heavy (non-hydrogen) atoms. The largest absolute Gasteiger partial charge is 0.392 e. The zero-order valence-electron chi connectivity index (χ0n) is 19.6. The predicted octanol–water partition coefficient (Wildman–Crippen LogP) is 3.48. The zero-order valence-corrected chi connectivity index (χ0v) is 20.4. The molecular formula is C25H31N5O4S. The average molecular weight is 498 g/mol. The summed E-state index contributed by atoms with van der Waals surface area (Å²) in [6.07, 6.45) is 4.09. The Balaban J connectivity index is 1.37. The number of amides is 1. The number of nitrogens with one attached hydrogen (secondary N) is 2. The van der Waals surface area contributed by atoms with E-state index in [-0.39, 0.29) is 30.2 Å². The molecule has 1 unspecified atom stereocenters. The number of aliphatic hydroxyl groups excluding tert-OH is 1. The van der Waals surface area contributed by atoms with Crippen LogP contribution in [0.5, 0.6) is 0 Å². The van der Waals surface area contributed by atoms with Crippen LogP contribution in [0.4, 0.5) is 5.69 Å². The van der Waals surface area contributed by atoms with Gasteiger partial charge in [0, 0.05) is 44.6 Å². The molecule has 1 aromatic heterocycles. The van der Waals surface area contributed by atoms with Gasteiger partial charge >= 0.3 is 0 Å². The lowest BCUT2D eigenvalue weighted by Gasteiger charge is -2.32. The maximum absolute atomic E-state index is 13.4. The number of H-pyrrole nitrogens is 1. The number of aromatic nitrogens is 2. The van der Waals surface area contributed by atoms with Crippen LogP contribution in [0.25, 0.3) is 11.4 Å². The Labute approximate surface area is 206 Å². The highest BCUT2D eigenvalue weighted by Gasteiger charge is 2.29. The van der Waals surface area contributed by atoms with E-state index in [4.69, 9.17) is 0 Å². The van der Waals surface area contributed by atoms with Crippen LogP contribution in [0.3, 0.4) is 0 Å². The van der Waals surface area contributed by atoms with Gasteiger partial charge in [-0.05, 0) is 35.2 Å². The van der Waals surface area contributed by atoms with E-state index >= 15 is 0 Å². The zero-order chi connectivity index (χ0) is 24.6. The summed E-state index contributed by atoms with van der Waals surface area (Å²) < 4.78 is 22.7. The molecule has 3 heterocycles. The number of hydrogen-bond donors (Lipinski definition) is 5. The number of fused-ring (bicyclic) bond motifs is 1. The number of carbonyl (C=O) groups excluding carboxylic acids is 1. The van der Waals surface area contributed by atoms with Gasteiger partial charge in [0.1, 0.15) is 5.82 Å². The molecule has 10 heteroatoms. The van der Waals surface area contributed by atoms with Crippen molar-refractivity contribution in [1.82, 2.24) is 19.8 Å². The highest BCUT2D eigenvalue weighted by atomic mass is 32.3. The van der Waals surface area contributed by atoms with Crippen LogP contribution in [0, 0.1) is 0 Å². The number of imidazole rings is 1. The molecule has 0 spiro atoms. The molecule has 5 N–H and O–H groups in total. The lowest BCUT2D eigenvalue weighted by molar-refractivity contribution is -0.131. The van der Waals surface area contributed by atoms with Gasteiger partial charge in [-0.2, -0.15) is 0 Å². The number of likely N-dealkylation sites (tertiary alicyclic amines) is 1. The number of aromatic amines is 1. The number of β-amino-alcohol motifs (C(OH)–C–C–N with tert-alkyl or cyclic N) is 1. The van der Waals surface area contributed by atoms with Crippen molar-refractivity contribution in [2.75, 3.05) is 31.4 Å². The molecule has 0 bridgehead atoms. The van der Waals surface area contributed by atoms with Crippen LogP contribution in [-0.4, -0.2) is 72.7 Å². The third kappa shape index (κ3) is 5.36. The van der Waals surface area contributed by atoms with Gasteiger partial charge in [0.05, 0.1) is 30.0 Å². The Morgan fingerprint density at radius 3 is 2.89 bits per heavy atom. The molecule has 1 fully saturated rings. The Morgan fingerprint density at radius 1 is 1.29 bits per heavy atom. The van der Waals surface area contributed by atoms with Crippen molar-refractivity contribution in [2.24, 2.45) is 0 Å². The summed E-state index contributed by atoms with van der Waals surface area (Å²) in [5.41, 5.74) is 4.27. The van der Waals surface area contributed by atoms with E-state index in [9.17, 15) is 19.0 Å². The molecule has 9 nitrogen and oxygen atoms in total. The summed E-state index contributed by atoms with van der Waals surface area (Å²) >= 11 is 0. The van der Waals surface area contributed by atoms with Crippen LogP contribution >= 0.6 is 10.8 Å². The summed E-state index contributed by atoms with van der Waals surface area (Å²) in [5.74, 6) is 0.919. The fourth-order valence-corrected chi connectivity index (χ4v) is 6.15. The van der Waals surface area contributed by atoms with Crippen molar-refractivity contribution in [3.63, 3.8) is 0 Å². The fourth-order valence-electron chi connectivity index (χ4n) is 4.85. The number of anilines is 1. The molecule has 2 aliphatic heterocycles. The first-order valence-electron chi connectivity index (χ1n) is 11.7. The minimum atomic E-state index is -2.84. The topological polar surface area (TPSA) is 125 Å². The summed E-state index contributed by atoms with van der Waals surface area (Å²) in [4.78, 5) is 24.9. The summed E-state index contributed by atoms with van der Waals surface area (Å²) in [6, 6.07) is 13.4. The van der Waals surface area contributed by atoms with E-state index in [0.717, 1.165) is 41.0 Å². The van der Waals surface area contributed by atoms with E-state index in [1.807, 2.05) is 43.4 Å². The van der Waals surface area contributed by atoms with Crippen LogP contribution in [0.2, 0.25) is 0 Å². The highest BCUT2D eigenvalue weighted by Crippen LogP contribution is 2.50. The number of carbonyl (C=O) groups is 1. The van der Waals surface area contributed by atoms with Crippen LogP contribution < -0.4 is 4.72 Å². The second kappa shape index (κ2) is 9.63. The first-order chi connectivity index (χ1) is 16.8. The Morgan fingerprint density at radius 2 is 2.14 bits per heavy atom. The van der Waals surface area contributed by atoms with Gasteiger partial charge in [0.25, 0.3) is 0 Å². The van der Waals surface area contributed by atoms with Crippen LogP contribution in [0.1, 0.15) is 29.2 Å². The molecular weight excluding hydrogens is 466 g/mol. The Hall–Kier alpha value is -2.89. The molecule has 5 rings (SSSR count). The van der Waals surface area contributed by atoms with Gasteiger partial charge in [-0.25, -0.2) is 4.98 Å². The first kappa shape index (κ1) is 23.8. The summed E-state index contributed by atoms with van der Waals surface area (Å²) in [5, 5.41) is 10.0. The SMILES string of the molecule is CN(C(=O)Cc1ccc2c(c1)NS(O)(O)C2)[C@H](CN1CCC(O)C1)c1cccc(-c2ncc[nH]2)c1.